The molecule has 1 saturated carbocycles. The molecular formula is C15H21N3O3. The van der Waals surface area contributed by atoms with Crippen LogP contribution in [0.4, 0.5) is 0 Å². The highest BCUT2D eigenvalue weighted by molar-refractivity contribution is 6.07. The first kappa shape index (κ1) is 15.2. The SMILES string of the molecule is COc1ccccc1CCNC(=O)C1(/C(N)=N/O)CCC1. The molecule has 0 aromatic heterocycles. The van der Waals surface area contributed by atoms with Crippen molar-refractivity contribution < 1.29 is 14.7 Å². The highest BCUT2D eigenvalue weighted by Gasteiger charge is 2.48. The van der Waals surface area contributed by atoms with Gasteiger partial charge < -0.3 is 21.0 Å². The van der Waals surface area contributed by atoms with E-state index in [1.165, 1.54) is 0 Å². The van der Waals surface area contributed by atoms with Gasteiger partial charge in [-0.3, -0.25) is 4.79 Å². The average molecular weight is 291 g/mol. The van der Waals surface area contributed by atoms with E-state index in [1.807, 2.05) is 24.3 Å². The summed E-state index contributed by atoms with van der Waals surface area (Å²) in [6, 6.07) is 7.70. The minimum atomic E-state index is -0.824. The van der Waals surface area contributed by atoms with Crippen molar-refractivity contribution in [1.29, 1.82) is 0 Å². The van der Waals surface area contributed by atoms with Gasteiger partial charge in [-0.2, -0.15) is 0 Å². The fraction of sp³-hybridized carbons (Fsp3) is 0.467. The summed E-state index contributed by atoms with van der Waals surface area (Å²) in [7, 11) is 1.62. The number of hydrogen-bond donors (Lipinski definition) is 3. The third-order valence-corrected chi connectivity index (χ3v) is 4.11. The maximum Gasteiger partial charge on any atom is 0.233 e. The van der Waals surface area contributed by atoms with Crippen molar-refractivity contribution >= 4 is 11.7 Å². The second-order valence-corrected chi connectivity index (χ2v) is 5.24. The Hall–Kier alpha value is -2.24. The van der Waals surface area contributed by atoms with Crippen LogP contribution in [0.1, 0.15) is 24.8 Å². The Morgan fingerprint density at radius 3 is 2.76 bits per heavy atom. The fourth-order valence-corrected chi connectivity index (χ4v) is 2.61. The fourth-order valence-electron chi connectivity index (χ4n) is 2.61. The zero-order chi connectivity index (χ0) is 15.3. The van der Waals surface area contributed by atoms with Crippen LogP contribution in [0, 0.1) is 5.41 Å². The second-order valence-electron chi connectivity index (χ2n) is 5.24. The summed E-state index contributed by atoms with van der Waals surface area (Å²) in [4.78, 5) is 12.3. The number of nitrogens with two attached hydrogens (primary N) is 1. The summed E-state index contributed by atoms with van der Waals surface area (Å²) in [6.45, 7) is 0.486. The molecule has 0 aliphatic heterocycles. The molecule has 0 heterocycles. The first-order valence-electron chi connectivity index (χ1n) is 7.02. The van der Waals surface area contributed by atoms with Crippen molar-refractivity contribution in [3.05, 3.63) is 29.8 Å². The number of benzene rings is 1. The lowest BCUT2D eigenvalue weighted by Gasteiger charge is -2.38. The van der Waals surface area contributed by atoms with Gasteiger partial charge in [-0.15, -0.1) is 0 Å². The number of amides is 1. The molecule has 1 aromatic carbocycles. The van der Waals surface area contributed by atoms with Crippen LogP contribution >= 0.6 is 0 Å². The summed E-state index contributed by atoms with van der Waals surface area (Å²) in [5.41, 5.74) is 5.87. The zero-order valence-corrected chi connectivity index (χ0v) is 12.1. The molecule has 2 rings (SSSR count). The third-order valence-electron chi connectivity index (χ3n) is 4.11. The third kappa shape index (κ3) is 2.94. The van der Waals surface area contributed by atoms with Crippen LogP contribution in [-0.4, -0.2) is 30.6 Å². The summed E-state index contributed by atoms with van der Waals surface area (Å²) < 4.78 is 5.27. The van der Waals surface area contributed by atoms with Crippen molar-refractivity contribution in [2.24, 2.45) is 16.3 Å². The largest absolute Gasteiger partial charge is 0.496 e. The van der Waals surface area contributed by atoms with E-state index in [4.69, 9.17) is 15.7 Å². The van der Waals surface area contributed by atoms with E-state index in [1.54, 1.807) is 7.11 Å². The van der Waals surface area contributed by atoms with Gasteiger partial charge in [0.25, 0.3) is 0 Å². The Bertz CT molecular complexity index is 539. The number of ether oxygens (including phenoxy) is 1. The maximum atomic E-state index is 12.3. The van der Waals surface area contributed by atoms with E-state index < -0.39 is 5.41 Å². The number of nitrogens with zero attached hydrogens (tertiary/aromatic N) is 1. The first-order chi connectivity index (χ1) is 10.1. The highest BCUT2D eigenvalue weighted by atomic mass is 16.5. The number of hydrogen-bond acceptors (Lipinski definition) is 4. The predicted octanol–water partition coefficient (Wildman–Crippen LogP) is 1.27. The molecule has 1 aromatic rings. The van der Waals surface area contributed by atoms with Gasteiger partial charge in [-0.25, -0.2) is 0 Å². The standard InChI is InChI=1S/C15H21N3O3/c1-21-12-6-3-2-5-11(12)7-10-17-14(19)15(8-4-9-15)13(16)18-20/h2-3,5-6,20H,4,7-10H2,1H3,(H2,16,18)(H,17,19). The van der Waals surface area contributed by atoms with Crippen LogP contribution in [0.15, 0.2) is 29.4 Å². The lowest BCUT2D eigenvalue weighted by molar-refractivity contribution is -0.131. The molecule has 1 aliphatic rings. The number of carbonyl (C=O) groups is 1. The molecule has 1 aliphatic carbocycles. The highest BCUT2D eigenvalue weighted by Crippen LogP contribution is 2.41. The molecule has 1 fully saturated rings. The zero-order valence-electron chi connectivity index (χ0n) is 12.1. The molecule has 6 nitrogen and oxygen atoms in total. The maximum absolute atomic E-state index is 12.3. The minimum absolute atomic E-state index is 0.00328. The molecule has 1 amide bonds. The smallest absolute Gasteiger partial charge is 0.233 e. The number of rotatable bonds is 6. The van der Waals surface area contributed by atoms with Crippen molar-refractivity contribution in [3.8, 4) is 5.75 Å². The number of amidine groups is 1. The molecular weight excluding hydrogens is 270 g/mol. The second kappa shape index (κ2) is 6.47. The molecule has 0 radical (unpaired) electrons. The Kier molecular flexibility index (Phi) is 4.67. The average Bonchev–Trinajstić information content (AvgIpc) is 2.46. The number of oxime groups is 1. The Balaban J connectivity index is 1.93. The summed E-state index contributed by atoms with van der Waals surface area (Å²) >= 11 is 0. The lowest BCUT2D eigenvalue weighted by atomic mass is 9.67. The van der Waals surface area contributed by atoms with E-state index in [-0.39, 0.29) is 11.7 Å². The van der Waals surface area contributed by atoms with Crippen LogP contribution < -0.4 is 15.8 Å². The van der Waals surface area contributed by atoms with Crippen molar-refractivity contribution in [3.63, 3.8) is 0 Å². The van der Waals surface area contributed by atoms with E-state index in [9.17, 15) is 4.79 Å². The molecule has 0 saturated heterocycles. The van der Waals surface area contributed by atoms with Gasteiger partial charge in [-0.05, 0) is 30.9 Å². The quantitative estimate of drug-likeness (QED) is 0.318. The van der Waals surface area contributed by atoms with Crippen LogP contribution in [0.25, 0.3) is 0 Å². The van der Waals surface area contributed by atoms with Gasteiger partial charge in [-0.1, -0.05) is 29.8 Å². The monoisotopic (exact) mass is 291 g/mol. The van der Waals surface area contributed by atoms with Crippen LogP contribution in [0.2, 0.25) is 0 Å². The van der Waals surface area contributed by atoms with Crippen LogP contribution in [-0.2, 0) is 11.2 Å². The summed E-state index contributed by atoms with van der Waals surface area (Å²) in [6.07, 6.45) is 2.84. The molecule has 6 heteroatoms. The Labute approximate surface area is 124 Å². The number of nitrogens with one attached hydrogen (secondary N) is 1. The molecule has 0 atom stereocenters. The van der Waals surface area contributed by atoms with Crippen molar-refractivity contribution in [2.45, 2.75) is 25.7 Å². The van der Waals surface area contributed by atoms with E-state index in [0.717, 1.165) is 17.7 Å². The Morgan fingerprint density at radius 2 is 2.19 bits per heavy atom. The molecule has 21 heavy (non-hydrogen) atoms. The van der Waals surface area contributed by atoms with Gasteiger partial charge in [0.15, 0.2) is 5.84 Å². The van der Waals surface area contributed by atoms with Gasteiger partial charge in [0.05, 0.1) is 7.11 Å². The summed E-state index contributed by atoms with van der Waals surface area (Å²) in [5, 5.41) is 14.7. The van der Waals surface area contributed by atoms with Gasteiger partial charge >= 0.3 is 0 Å². The number of carbonyl (C=O) groups excluding carboxylic acids is 1. The number of methoxy groups -OCH3 is 1. The molecule has 0 spiro atoms. The molecule has 114 valence electrons. The van der Waals surface area contributed by atoms with Gasteiger partial charge in [0.2, 0.25) is 5.91 Å². The van der Waals surface area contributed by atoms with E-state index in [0.29, 0.717) is 25.8 Å². The lowest BCUT2D eigenvalue weighted by Crippen LogP contribution is -2.54. The van der Waals surface area contributed by atoms with Gasteiger partial charge in [0, 0.05) is 6.54 Å². The molecule has 0 unspecified atom stereocenters. The Morgan fingerprint density at radius 1 is 1.48 bits per heavy atom. The predicted molar refractivity (Wildman–Crippen MR) is 79.4 cm³/mol. The number of para-hydroxylation sites is 1. The minimum Gasteiger partial charge on any atom is -0.496 e. The van der Waals surface area contributed by atoms with Crippen LogP contribution in [0.3, 0.4) is 0 Å². The molecule has 4 N–H and O–H groups in total. The molecule has 0 bridgehead atoms. The first-order valence-corrected chi connectivity index (χ1v) is 7.02. The van der Waals surface area contributed by atoms with Gasteiger partial charge in [0.1, 0.15) is 11.2 Å². The van der Waals surface area contributed by atoms with Crippen molar-refractivity contribution in [1.82, 2.24) is 5.32 Å². The normalized spacial score (nSPS) is 16.9. The van der Waals surface area contributed by atoms with E-state index in [2.05, 4.69) is 10.5 Å². The summed E-state index contributed by atoms with van der Waals surface area (Å²) in [5.74, 6) is 0.643. The van der Waals surface area contributed by atoms with Crippen LogP contribution in [0.5, 0.6) is 5.75 Å². The topological polar surface area (TPSA) is 96.9 Å². The van der Waals surface area contributed by atoms with E-state index >= 15 is 0 Å². The van der Waals surface area contributed by atoms with Crippen molar-refractivity contribution in [2.75, 3.05) is 13.7 Å².